The summed E-state index contributed by atoms with van der Waals surface area (Å²) in [6.45, 7) is -0.700. The number of rotatable bonds is 11. The van der Waals surface area contributed by atoms with Gasteiger partial charge in [-0.1, -0.05) is 25.1 Å². The zero-order chi connectivity index (χ0) is 22.9. The fourth-order valence-corrected chi connectivity index (χ4v) is 3.70. The number of ether oxygens (including phenoxy) is 2. The minimum Gasteiger partial charge on any atom is -0.493 e. The van der Waals surface area contributed by atoms with E-state index < -0.39 is 16.6 Å². The van der Waals surface area contributed by atoms with Gasteiger partial charge < -0.3 is 14.8 Å². The molecule has 0 aromatic heterocycles. The van der Waals surface area contributed by atoms with Crippen molar-refractivity contribution in [3.8, 4) is 11.5 Å². The number of nitrogens with one attached hydrogen (secondary N) is 2. The number of methoxy groups -OCH3 is 1. The van der Waals surface area contributed by atoms with Gasteiger partial charge in [0.25, 0.3) is 0 Å². The van der Waals surface area contributed by atoms with E-state index in [4.69, 9.17) is 4.74 Å². The number of hydrogen-bond donors (Lipinski definition) is 2. The van der Waals surface area contributed by atoms with E-state index >= 15 is 0 Å². The summed E-state index contributed by atoms with van der Waals surface area (Å²) < 4.78 is 60.6. The van der Waals surface area contributed by atoms with Gasteiger partial charge in [0.1, 0.15) is 0 Å². The third-order valence-corrected chi connectivity index (χ3v) is 5.67. The number of carbonyl (C=O) groups is 1. The van der Waals surface area contributed by atoms with Crippen LogP contribution in [0.25, 0.3) is 6.08 Å². The van der Waals surface area contributed by atoms with Crippen molar-refractivity contribution in [3.63, 3.8) is 0 Å². The summed E-state index contributed by atoms with van der Waals surface area (Å²) in [4.78, 5) is 12.1. The molecule has 0 fully saturated rings. The molecule has 168 valence electrons. The SMILES string of the molecule is CCNS(=O)(=O)c1ccc(/C=C/C(=O)NCCc2ccc(OC)c(OC(F)F)c2)cc1. The number of halogens is 2. The Kier molecular flexibility index (Phi) is 8.95. The van der Waals surface area contributed by atoms with E-state index in [2.05, 4.69) is 14.8 Å². The zero-order valence-electron chi connectivity index (χ0n) is 17.1. The monoisotopic (exact) mass is 454 g/mol. The van der Waals surface area contributed by atoms with E-state index in [9.17, 15) is 22.0 Å². The van der Waals surface area contributed by atoms with Crippen LogP contribution in [-0.4, -0.2) is 41.1 Å². The van der Waals surface area contributed by atoms with Crippen molar-refractivity contribution in [2.24, 2.45) is 0 Å². The van der Waals surface area contributed by atoms with E-state index in [0.29, 0.717) is 24.1 Å². The molecule has 2 aromatic rings. The maximum absolute atomic E-state index is 12.5. The molecule has 0 unspecified atom stereocenters. The molecule has 0 aliphatic heterocycles. The Morgan fingerprint density at radius 2 is 1.84 bits per heavy atom. The first-order valence-electron chi connectivity index (χ1n) is 9.42. The first-order valence-corrected chi connectivity index (χ1v) is 10.9. The van der Waals surface area contributed by atoms with Crippen molar-refractivity contribution < 1.29 is 31.5 Å². The van der Waals surface area contributed by atoms with Crippen molar-refractivity contribution in [3.05, 3.63) is 59.7 Å². The molecule has 0 bridgehead atoms. The molecule has 0 spiro atoms. The average molecular weight is 454 g/mol. The second kappa shape index (κ2) is 11.4. The van der Waals surface area contributed by atoms with Crippen LogP contribution in [-0.2, 0) is 21.2 Å². The first kappa shape index (κ1) is 24.3. The lowest BCUT2D eigenvalue weighted by atomic mass is 10.1. The number of amides is 1. The zero-order valence-corrected chi connectivity index (χ0v) is 17.9. The lowest BCUT2D eigenvalue weighted by Crippen LogP contribution is -2.23. The Bertz CT molecular complexity index is 1010. The van der Waals surface area contributed by atoms with Gasteiger partial charge in [0, 0.05) is 19.2 Å². The van der Waals surface area contributed by atoms with Crippen molar-refractivity contribution in [1.29, 1.82) is 0 Å². The number of carbonyl (C=O) groups excluding carboxylic acids is 1. The number of benzene rings is 2. The minimum absolute atomic E-state index is 0.0687. The molecule has 0 heterocycles. The highest BCUT2D eigenvalue weighted by Gasteiger charge is 2.12. The van der Waals surface area contributed by atoms with Gasteiger partial charge >= 0.3 is 6.61 Å². The lowest BCUT2D eigenvalue weighted by molar-refractivity contribution is -0.116. The Morgan fingerprint density at radius 1 is 1.13 bits per heavy atom. The summed E-state index contributed by atoms with van der Waals surface area (Å²) in [5.41, 5.74) is 1.35. The minimum atomic E-state index is -3.52. The molecule has 0 saturated heterocycles. The topological polar surface area (TPSA) is 93.7 Å². The maximum Gasteiger partial charge on any atom is 0.387 e. The molecule has 2 N–H and O–H groups in total. The maximum atomic E-state index is 12.5. The van der Waals surface area contributed by atoms with E-state index in [1.54, 1.807) is 31.2 Å². The predicted molar refractivity (Wildman–Crippen MR) is 113 cm³/mol. The summed E-state index contributed by atoms with van der Waals surface area (Å²) in [6, 6.07) is 10.8. The summed E-state index contributed by atoms with van der Waals surface area (Å²) >= 11 is 0. The second-order valence-corrected chi connectivity index (χ2v) is 8.08. The average Bonchev–Trinajstić information content (AvgIpc) is 2.72. The smallest absolute Gasteiger partial charge is 0.387 e. The van der Waals surface area contributed by atoms with E-state index in [1.165, 1.54) is 37.5 Å². The van der Waals surface area contributed by atoms with Crippen LogP contribution in [0.4, 0.5) is 8.78 Å². The Morgan fingerprint density at radius 3 is 2.45 bits per heavy atom. The fourth-order valence-electron chi connectivity index (χ4n) is 2.66. The van der Waals surface area contributed by atoms with Gasteiger partial charge in [0.05, 0.1) is 12.0 Å². The molecular formula is C21H24F2N2O5S. The van der Waals surface area contributed by atoms with Gasteiger partial charge in [-0.15, -0.1) is 0 Å². The fraction of sp³-hybridized carbons (Fsp3) is 0.286. The van der Waals surface area contributed by atoms with Crippen LogP contribution in [0, 0.1) is 0 Å². The van der Waals surface area contributed by atoms with Crippen molar-refractivity contribution in [1.82, 2.24) is 10.0 Å². The molecule has 31 heavy (non-hydrogen) atoms. The van der Waals surface area contributed by atoms with Gasteiger partial charge in [0.2, 0.25) is 15.9 Å². The van der Waals surface area contributed by atoms with Crippen molar-refractivity contribution in [2.45, 2.75) is 24.9 Å². The van der Waals surface area contributed by atoms with E-state index in [-0.39, 0.29) is 28.8 Å². The summed E-state index contributed by atoms with van der Waals surface area (Å²) in [6.07, 6.45) is 3.29. The molecule has 2 rings (SSSR count). The van der Waals surface area contributed by atoms with Crippen LogP contribution >= 0.6 is 0 Å². The van der Waals surface area contributed by atoms with Gasteiger partial charge in [-0.25, -0.2) is 13.1 Å². The molecule has 0 aliphatic rings. The molecule has 0 saturated carbocycles. The third-order valence-electron chi connectivity index (χ3n) is 4.11. The molecule has 7 nitrogen and oxygen atoms in total. The van der Waals surface area contributed by atoms with Crippen LogP contribution in [0.2, 0.25) is 0 Å². The van der Waals surface area contributed by atoms with Gasteiger partial charge in [-0.3, -0.25) is 4.79 Å². The molecule has 10 heteroatoms. The molecule has 0 radical (unpaired) electrons. The first-order chi connectivity index (χ1) is 14.7. The van der Waals surface area contributed by atoms with Gasteiger partial charge in [-0.05, 0) is 47.9 Å². The molecule has 1 amide bonds. The molecular weight excluding hydrogens is 430 g/mol. The largest absolute Gasteiger partial charge is 0.493 e. The third kappa shape index (κ3) is 7.65. The normalized spacial score (nSPS) is 11.6. The van der Waals surface area contributed by atoms with Crippen molar-refractivity contribution >= 4 is 22.0 Å². The second-order valence-electron chi connectivity index (χ2n) is 6.31. The quantitative estimate of drug-likeness (QED) is 0.509. The lowest BCUT2D eigenvalue weighted by Gasteiger charge is -2.11. The van der Waals surface area contributed by atoms with Crippen LogP contribution < -0.4 is 19.5 Å². The number of sulfonamides is 1. The Labute approximate surface area is 180 Å². The van der Waals surface area contributed by atoms with Crippen LogP contribution in [0.1, 0.15) is 18.1 Å². The van der Waals surface area contributed by atoms with Crippen LogP contribution in [0.15, 0.2) is 53.4 Å². The van der Waals surface area contributed by atoms with Crippen LogP contribution in [0.5, 0.6) is 11.5 Å². The number of alkyl halides is 2. The summed E-state index contributed by atoms with van der Waals surface area (Å²) in [5, 5.41) is 2.69. The van der Waals surface area contributed by atoms with Gasteiger partial charge in [0.15, 0.2) is 11.5 Å². The standard InChI is InChI=1S/C21H24F2N2O5S/c1-3-25-31(27,28)17-8-4-15(5-9-17)7-11-20(26)24-13-12-16-6-10-18(29-2)19(14-16)30-21(22)23/h4-11,14,21,25H,3,12-13H2,1-2H3,(H,24,26)/b11-7+. The summed E-state index contributed by atoms with van der Waals surface area (Å²) in [7, 11) is -2.17. The van der Waals surface area contributed by atoms with E-state index in [0.717, 1.165) is 0 Å². The molecule has 2 aromatic carbocycles. The highest BCUT2D eigenvalue weighted by atomic mass is 32.2. The predicted octanol–water partition coefficient (Wildman–Crippen LogP) is 2.97. The van der Waals surface area contributed by atoms with E-state index in [1.807, 2.05) is 0 Å². The highest BCUT2D eigenvalue weighted by Crippen LogP contribution is 2.29. The number of hydrogen-bond acceptors (Lipinski definition) is 5. The van der Waals surface area contributed by atoms with Crippen LogP contribution in [0.3, 0.4) is 0 Å². The highest BCUT2D eigenvalue weighted by molar-refractivity contribution is 7.89. The summed E-state index contributed by atoms with van der Waals surface area (Å²) in [5.74, 6) is -0.219. The van der Waals surface area contributed by atoms with Crippen molar-refractivity contribution in [2.75, 3.05) is 20.2 Å². The van der Waals surface area contributed by atoms with Gasteiger partial charge in [-0.2, -0.15) is 8.78 Å². The molecule has 0 atom stereocenters. The molecule has 0 aliphatic carbocycles. The Hall–Kier alpha value is -2.98. The Balaban J connectivity index is 1.89.